The molecule has 6 amide bonds. The third kappa shape index (κ3) is 19.7. The van der Waals surface area contributed by atoms with Gasteiger partial charge in [0.15, 0.2) is 11.5 Å². The smallest absolute Gasteiger partial charge is 0.409 e. The molecular weight excluding hydrogens is 1280 g/mol. The summed E-state index contributed by atoms with van der Waals surface area (Å²) in [7, 11) is 4.22. The van der Waals surface area contributed by atoms with Crippen molar-refractivity contribution in [2.45, 2.75) is 180 Å². The van der Waals surface area contributed by atoms with Gasteiger partial charge in [-0.15, -0.1) is 0 Å². The number of fused-ring (bicyclic) bond motifs is 5. The Morgan fingerprint density at radius 2 is 1.68 bits per heavy atom. The van der Waals surface area contributed by atoms with Crippen molar-refractivity contribution in [3.63, 3.8) is 0 Å². The van der Waals surface area contributed by atoms with E-state index >= 15 is 4.39 Å². The van der Waals surface area contributed by atoms with Crippen LogP contribution in [0.25, 0.3) is 0 Å². The molecule has 2 aromatic rings. The number of carbonyl (C=O) groups is 9. The van der Waals surface area contributed by atoms with E-state index in [-0.39, 0.29) is 74.0 Å². The van der Waals surface area contributed by atoms with Gasteiger partial charge in [0.05, 0.1) is 34.8 Å². The number of hydrogen-bond donors (Lipinski definition) is 5. The van der Waals surface area contributed by atoms with Gasteiger partial charge in [0.2, 0.25) is 11.8 Å². The maximum absolute atomic E-state index is 16.2. The minimum absolute atomic E-state index is 0.0514. The molecule has 4 bridgehead atoms. The van der Waals surface area contributed by atoms with Crippen LogP contribution in [0.4, 0.5) is 19.7 Å². The first kappa shape index (κ1) is 72.2. The van der Waals surface area contributed by atoms with Gasteiger partial charge in [-0.3, -0.25) is 34.1 Å². The highest BCUT2D eigenvalue weighted by Crippen LogP contribution is 2.49. The van der Waals surface area contributed by atoms with E-state index in [1.54, 1.807) is 53.0 Å². The molecule has 0 aliphatic carbocycles. The van der Waals surface area contributed by atoms with Gasteiger partial charge in [-0.05, 0) is 101 Å². The molecule has 24 heteroatoms. The lowest BCUT2D eigenvalue weighted by atomic mass is 9.83. The Morgan fingerprint density at radius 1 is 1.00 bits per heavy atom. The van der Waals surface area contributed by atoms with Crippen molar-refractivity contribution < 1.29 is 71.6 Å². The van der Waals surface area contributed by atoms with E-state index in [4.69, 9.17) is 36.3 Å². The first-order valence-electron chi connectivity index (χ1n) is 29.6. The number of halogens is 4. The summed E-state index contributed by atoms with van der Waals surface area (Å²) in [6.45, 7) is 12.2. The highest BCUT2D eigenvalue weighted by atomic mass is 79.9. The number of aliphatic hydroxyl groups is 1. The largest absolute Gasteiger partial charge is 0.457 e. The van der Waals surface area contributed by atoms with Crippen LogP contribution in [0.5, 0.6) is 0 Å². The maximum atomic E-state index is 16.2. The zero-order valence-corrected chi connectivity index (χ0v) is 55.4. The third-order valence-electron chi connectivity index (χ3n) is 16.8. The summed E-state index contributed by atoms with van der Waals surface area (Å²) in [6.07, 6.45) is 3.50. The van der Waals surface area contributed by atoms with Crippen LogP contribution in [-0.2, 0) is 60.6 Å². The number of anilines is 1. The summed E-state index contributed by atoms with van der Waals surface area (Å²) >= 11 is 13.6. The van der Waals surface area contributed by atoms with Crippen LogP contribution in [-0.4, -0.2) is 149 Å². The fourth-order valence-corrected chi connectivity index (χ4v) is 13.1. The van der Waals surface area contributed by atoms with E-state index in [1.807, 2.05) is 26.0 Å². The van der Waals surface area contributed by atoms with Crippen LogP contribution in [0.1, 0.15) is 139 Å². The highest BCUT2D eigenvalue weighted by molar-refractivity contribution is 9.09. The number of nitrogens with one attached hydrogen (secondary N) is 3. The van der Waals surface area contributed by atoms with Crippen molar-refractivity contribution in [2.24, 2.45) is 29.4 Å². The van der Waals surface area contributed by atoms with Gasteiger partial charge in [-0.2, -0.15) is 0 Å². The quantitative estimate of drug-likeness (QED) is 0.0242. The minimum atomic E-state index is -1.92. The number of amides is 6. The number of ether oxygens (including phenoxy) is 4. The number of benzene rings is 2. The molecule has 20 nitrogen and oxygen atoms in total. The molecule has 0 unspecified atom stereocenters. The first-order chi connectivity index (χ1) is 41.0. The van der Waals surface area contributed by atoms with Gasteiger partial charge >= 0.3 is 18.1 Å². The summed E-state index contributed by atoms with van der Waals surface area (Å²) in [5, 5.41) is 21.2. The number of ketones is 3. The Balaban J connectivity index is 1.31. The topological polar surface area (TPSA) is 283 Å². The molecule has 5 rings (SSSR count). The second kappa shape index (κ2) is 32.8. The number of urea groups is 1. The van der Waals surface area contributed by atoms with E-state index in [0.29, 0.717) is 46.2 Å². The standard InChI is InChI=1S/C63H86Br2ClFN6O14/c1-35(2)45(30-43(74)18-13-11-12-14-20-49(75)42(33-64)34-65)57(78)70-47(19-16-24-69-60(68)81)50(76)29-40-22-23-44(46(67)27-40)58(79)72(8)39(6)59(80)86-53-31-54(77)73(9)48-28-41(26-37(4)55(48)66)25-36(3)17-15-21-52(84-10)63(83)32-51(85-61(82)71-63)38(5)56-62(53,7)87-56/h15,17,21-23,26-28,35,38-39,42,45,47,51-53,56,83H,11-14,16,18-20,24-25,29-34H2,1-10H3,(H,70,78)(H,71,82)(H3,68,69,81)/b21-15+,36-17+/t38-,39+,45+,47+,51+,52-,53+,56+,62+,63+/m1/s1. The number of alkyl carbamates (subject to hydrolysis) is 1. The fraction of sp³-hybridized carbons (Fsp3) is 0.603. The lowest BCUT2D eigenvalue weighted by Crippen LogP contribution is -2.63. The van der Waals surface area contributed by atoms with E-state index in [0.717, 1.165) is 41.4 Å². The van der Waals surface area contributed by atoms with Gasteiger partial charge in [-0.25, -0.2) is 18.8 Å². The van der Waals surface area contributed by atoms with Crippen LogP contribution in [0, 0.1) is 36.4 Å². The van der Waals surface area contributed by atoms with Crippen molar-refractivity contribution in [1.82, 2.24) is 20.9 Å². The van der Waals surface area contributed by atoms with Crippen LogP contribution in [0.2, 0.25) is 5.02 Å². The van der Waals surface area contributed by atoms with Crippen LogP contribution < -0.4 is 26.6 Å². The Morgan fingerprint density at radius 3 is 2.31 bits per heavy atom. The number of allylic oxidation sites excluding steroid dienone is 3. The van der Waals surface area contributed by atoms with Crippen LogP contribution in [0.3, 0.4) is 0 Å². The summed E-state index contributed by atoms with van der Waals surface area (Å²) in [5.74, 6) is -6.15. The molecule has 6 N–H and O–H groups in total. The second-order valence-electron chi connectivity index (χ2n) is 23.9. The van der Waals surface area contributed by atoms with Crippen molar-refractivity contribution in [3.05, 3.63) is 87.2 Å². The number of nitrogens with two attached hydrogens (primary N) is 1. The van der Waals surface area contributed by atoms with Crippen LogP contribution in [0.15, 0.2) is 54.1 Å². The Hall–Kier alpha value is -5.59. The number of nitrogens with zero attached hydrogens (tertiary/aromatic N) is 2. The predicted octanol–water partition coefficient (Wildman–Crippen LogP) is 8.86. The summed E-state index contributed by atoms with van der Waals surface area (Å²) < 4.78 is 40.1. The number of alkyl halides is 2. The summed E-state index contributed by atoms with van der Waals surface area (Å²) in [4.78, 5) is 123. The lowest BCUT2D eigenvalue weighted by Gasteiger charge is -2.42. The number of primary amides is 1. The number of rotatable bonds is 27. The number of likely N-dealkylation sites (N-methyl/N-ethyl adjacent to an activating group) is 1. The van der Waals surface area contributed by atoms with Crippen LogP contribution >= 0.6 is 43.5 Å². The number of esters is 1. The third-order valence-corrected chi connectivity index (χ3v) is 18.9. The molecule has 3 aliphatic heterocycles. The van der Waals surface area contributed by atoms with E-state index in [1.165, 1.54) is 38.1 Å². The second-order valence-corrected chi connectivity index (χ2v) is 25.5. The molecule has 480 valence electrons. The van der Waals surface area contributed by atoms with Gasteiger partial charge < -0.3 is 50.2 Å². The molecule has 3 heterocycles. The Kier molecular flexibility index (Phi) is 27.2. The molecule has 0 spiro atoms. The van der Waals surface area contributed by atoms with Gasteiger partial charge in [0.25, 0.3) is 5.91 Å². The number of Topliss-reactive ketones (excluding diaryl/α,β-unsaturated/α-hetero) is 3. The molecule has 0 saturated carbocycles. The molecule has 2 aromatic carbocycles. The SMILES string of the molecule is CO[C@@H]1/C=C/C=C(\C)Cc2cc(C)c(Cl)c(c2)N(C)C(=O)C[C@H](OC(=O)[C@H](C)N(C)C(=O)c2ccc(CC(=O)[C@H](CCCNC(N)=O)NC(=O)[C@@H](CC(=O)CCCCCCC(=O)C(CBr)CBr)C(C)C)cc2F)[C@]2(C)O[C@H]2[C@H](C)[C@@H]2C[C@@]1(O)NC(=O)O2. The molecule has 2 fully saturated rings. The summed E-state index contributed by atoms with van der Waals surface area (Å²) in [6, 6.07) is 3.99. The predicted molar refractivity (Wildman–Crippen MR) is 334 cm³/mol. The maximum Gasteiger partial charge on any atom is 0.409 e. The molecule has 10 atom stereocenters. The normalized spacial score (nSPS) is 24.3. The zero-order valence-electron chi connectivity index (χ0n) is 51.4. The molecule has 0 radical (unpaired) electrons. The molecule has 0 aromatic heterocycles. The monoisotopic (exact) mass is 1360 g/mol. The van der Waals surface area contributed by atoms with Gasteiger partial charge in [0.1, 0.15) is 47.3 Å². The van der Waals surface area contributed by atoms with Gasteiger partial charge in [-0.1, -0.05) is 113 Å². The van der Waals surface area contributed by atoms with Crippen molar-refractivity contribution >= 4 is 102 Å². The fourth-order valence-electron chi connectivity index (χ4n) is 11.1. The van der Waals surface area contributed by atoms with E-state index < -0.39 is 119 Å². The number of hydrogen-bond acceptors (Lipinski definition) is 14. The Bertz CT molecular complexity index is 2910. The minimum Gasteiger partial charge on any atom is -0.457 e. The van der Waals surface area contributed by atoms with Crippen molar-refractivity contribution in [1.29, 1.82) is 0 Å². The number of epoxide rings is 1. The summed E-state index contributed by atoms with van der Waals surface area (Å²) in [5.41, 5.74) is 4.51. The van der Waals surface area contributed by atoms with Crippen molar-refractivity contribution in [3.8, 4) is 0 Å². The Labute approximate surface area is 531 Å². The number of unbranched alkanes of at least 4 members (excludes halogenated alkanes) is 3. The van der Waals surface area contributed by atoms with Gasteiger partial charge in [0, 0.05) is 88.3 Å². The highest BCUT2D eigenvalue weighted by Gasteiger charge is 2.64. The number of aryl methyl sites for hydroxylation is 1. The average molecular weight is 1370 g/mol. The molecular formula is C63H86Br2ClFN6O14. The van der Waals surface area contributed by atoms with E-state index in [2.05, 4.69) is 47.8 Å². The zero-order chi connectivity index (χ0) is 64.7. The number of carbonyl (C=O) groups excluding carboxylic acids is 9. The average Bonchev–Trinajstić information content (AvgIpc) is 1.59. The van der Waals surface area contributed by atoms with Crippen molar-refractivity contribution in [2.75, 3.05) is 43.3 Å². The number of methoxy groups -OCH3 is 1. The molecule has 2 saturated heterocycles. The molecule has 87 heavy (non-hydrogen) atoms. The first-order valence-corrected chi connectivity index (χ1v) is 32.2. The lowest BCUT2D eigenvalue weighted by molar-refractivity contribution is -0.158. The molecule has 3 aliphatic rings. The van der Waals surface area contributed by atoms with E-state index in [9.17, 15) is 48.3 Å².